The summed E-state index contributed by atoms with van der Waals surface area (Å²) in [5, 5.41) is 0. The molecule has 15 heavy (non-hydrogen) atoms. The van der Waals surface area contributed by atoms with Crippen LogP contribution in [0.25, 0.3) is 0 Å². The molecular formula is C10H16N4O. The lowest BCUT2D eigenvalue weighted by molar-refractivity contribution is 0.307. The van der Waals surface area contributed by atoms with Crippen molar-refractivity contribution in [3.05, 3.63) is 27.4 Å². The number of nitrogens with two attached hydrogens (primary N) is 1. The van der Waals surface area contributed by atoms with Crippen molar-refractivity contribution in [1.82, 2.24) is 14.9 Å². The van der Waals surface area contributed by atoms with Crippen molar-refractivity contribution in [3.8, 4) is 0 Å². The first-order chi connectivity index (χ1) is 7.20. The maximum Gasteiger partial charge on any atom is 0.345 e. The molecule has 2 rings (SSSR count). The van der Waals surface area contributed by atoms with E-state index in [1.807, 2.05) is 0 Å². The quantitative estimate of drug-likeness (QED) is 0.671. The number of hydrogen-bond acceptors (Lipinski definition) is 4. The van der Waals surface area contributed by atoms with E-state index in [0.717, 1.165) is 36.5 Å². The molecule has 3 N–H and O–H groups in total. The van der Waals surface area contributed by atoms with Crippen molar-refractivity contribution in [2.45, 2.75) is 19.4 Å². The zero-order valence-corrected chi connectivity index (χ0v) is 8.92. The van der Waals surface area contributed by atoms with Crippen LogP contribution in [0, 0.1) is 0 Å². The number of H-pyrrole nitrogens is 1. The zero-order valence-electron chi connectivity index (χ0n) is 8.92. The molecule has 0 saturated heterocycles. The fourth-order valence-electron chi connectivity index (χ4n) is 1.99. The average molecular weight is 208 g/mol. The van der Waals surface area contributed by atoms with Crippen molar-refractivity contribution >= 4 is 0 Å². The van der Waals surface area contributed by atoms with Gasteiger partial charge in [0, 0.05) is 37.2 Å². The van der Waals surface area contributed by atoms with E-state index in [1.54, 1.807) is 0 Å². The second-order valence-corrected chi connectivity index (χ2v) is 3.97. The number of fused-ring (bicyclic) bond motifs is 1. The highest BCUT2D eigenvalue weighted by Gasteiger charge is 2.18. The number of nitrogens with one attached hydrogen (secondary N) is 1. The molecule has 0 aromatic carbocycles. The number of nitrogens with zero attached hydrogens (tertiary/aromatic N) is 2. The zero-order chi connectivity index (χ0) is 10.8. The van der Waals surface area contributed by atoms with Crippen LogP contribution in [0.4, 0.5) is 0 Å². The lowest BCUT2D eigenvalue weighted by Gasteiger charge is -2.25. The van der Waals surface area contributed by atoms with Crippen molar-refractivity contribution in [1.29, 1.82) is 0 Å². The van der Waals surface area contributed by atoms with Crippen molar-refractivity contribution in [3.63, 3.8) is 0 Å². The lowest BCUT2D eigenvalue weighted by atomic mass is 10.0. The molecule has 0 atom stereocenters. The number of rotatable bonds is 2. The number of hydrogen-bond donors (Lipinski definition) is 2. The minimum atomic E-state index is -0.248. The third-order valence-electron chi connectivity index (χ3n) is 2.76. The van der Waals surface area contributed by atoms with Gasteiger partial charge in [-0.1, -0.05) is 0 Å². The molecule has 82 valence electrons. The molecule has 0 radical (unpaired) electrons. The molecule has 0 bridgehead atoms. The van der Waals surface area contributed by atoms with E-state index in [9.17, 15) is 4.79 Å². The van der Waals surface area contributed by atoms with Crippen LogP contribution >= 0.6 is 0 Å². The summed E-state index contributed by atoms with van der Waals surface area (Å²) in [5.74, 6) is 0. The molecule has 1 aliphatic heterocycles. The Morgan fingerprint density at radius 3 is 3.13 bits per heavy atom. The Labute approximate surface area is 88.3 Å². The molecular weight excluding hydrogens is 192 g/mol. The van der Waals surface area contributed by atoms with Gasteiger partial charge in [0.2, 0.25) is 0 Å². The summed E-state index contributed by atoms with van der Waals surface area (Å²) in [4.78, 5) is 20.3. The van der Waals surface area contributed by atoms with Crippen molar-refractivity contribution in [2.24, 2.45) is 5.73 Å². The predicted molar refractivity (Wildman–Crippen MR) is 57.7 cm³/mol. The largest absolute Gasteiger partial charge is 0.345 e. The monoisotopic (exact) mass is 208 g/mol. The molecule has 1 aromatic rings. The maximum atomic E-state index is 11.3. The minimum Gasteiger partial charge on any atom is -0.330 e. The molecule has 1 aliphatic rings. The van der Waals surface area contributed by atoms with E-state index < -0.39 is 0 Å². The van der Waals surface area contributed by atoms with Gasteiger partial charge in [-0.3, -0.25) is 0 Å². The third kappa shape index (κ3) is 2.08. The summed E-state index contributed by atoms with van der Waals surface area (Å²) >= 11 is 0. The smallest absolute Gasteiger partial charge is 0.330 e. The van der Waals surface area contributed by atoms with Gasteiger partial charge in [-0.15, -0.1) is 0 Å². The first-order valence-electron chi connectivity index (χ1n) is 5.20. The van der Waals surface area contributed by atoms with E-state index in [2.05, 4.69) is 21.9 Å². The molecule has 5 heteroatoms. The van der Waals surface area contributed by atoms with Gasteiger partial charge in [0.1, 0.15) is 0 Å². The lowest BCUT2D eigenvalue weighted by Crippen LogP contribution is -2.32. The normalized spacial score (nSPS) is 16.4. The summed E-state index contributed by atoms with van der Waals surface area (Å²) in [5.41, 5.74) is 8.33. The van der Waals surface area contributed by atoms with Crippen LogP contribution in [0.5, 0.6) is 0 Å². The molecule has 1 aromatic heterocycles. The van der Waals surface area contributed by atoms with E-state index in [4.69, 9.17) is 5.73 Å². The van der Waals surface area contributed by atoms with Crippen LogP contribution in [0.15, 0.2) is 4.79 Å². The molecule has 0 amide bonds. The van der Waals surface area contributed by atoms with Gasteiger partial charge in [-0.2, -0.15) is 4.98 Å². The molecule has 0 unspecified atom stereocenters. The van der Waals surface area contributed by atoms with Crippen LogP contribution in [0.2, 0.25) is 0 Å². The Bertz CT molecular complexity index is 412. The maximum absolute atomic E-state index is 11.3. The van der Waals surface area contributed by atoms with E-state index in [-0.39, 0.29) is 5.69 Å². The summed E-state index contributed by atoms with van der Waals surface area (Å²) in [6.07, 6.45) is 1.57. The summed E-state index contributed by atoms with van der Waals surface area (Å²) in [6, 6.07) is 0. The molecule has 0 spiro atoms. The first kappa shape index (κ1) is 10.3. The third-order valence-corrected chi connectivity index (χ3v) is 2.76. The topological polar surface area (TPSA) is 75.0 Å². The molecule has 0 aliphatic carbocycles. The van der Waals surface area contributed by atoms with Gasteiger partial charge in [-0.05, 0) is 13.6 Å². The first-order valence-corrected chi connectivity index (χ1v) is 5.20. The van der Waals surface area contributed by atoms with Gasteiger partial charge >= 0.3 is 5.69 Å². The molecule has 5 nitrogen and oxygen atoms in total. The highest BCUT2D eigenvalue weighted by molar-refractivity contribution is 5.27. The van der Waals surface area contributed by atoms with Gasteiger partial charge in [0.05, 0.1) is 5.69 Å². The van der Waals surface area contributed by atoms with Gasteiger partial charge in [-0.25, -0.2) is 4.79 Å². The molecule has 2 heterocycles. The van der Waals surface area contributed by atoms with Crippen molar-refractivity contribution in [2.75, 3.05) is 20.1 Å². The fraction of sp³-hybridized carbons (Fsp3) is 0.600. The summed E-state index contributed by atoms with van der Waals surface area (Å²) in [7, 11) is 2.07. The number of aromatic nitrogens is 2. The van der Waals surface area contributed by atoms with Crippen LogP contribution < -0.4 is 11.4 Å². The van der Waals surface area contributed by atoms with E-state index >= 15 is 0 Å². The Hall–Kier alpha value is -1.20. The fourth-order valence-corrected chi connectivity index (χ4v) is 1.99. The second-order valence-electron chi connectivity index (χ2n) is 3.97. The Morgan fingerprint density at radius 1 is 1.60 bits per heavy atom. The van der Waals surface area contributed by atoms with Gasteiger partial charge in [0.25, 0.3) is 0 Å². The number of likely N-dealkylation sites (N-methyl/N-ethyl adjacent to an activating group) is 1. The second kappa shape index (κ2) is 4.12. The molecule has 0 fully saturated rings. The Morgan fingerprint density at radius 2 is 2.40 bits per heavy atom. The van der Waals surface area contributed by atoms with Crippen molar-refractivity contribution < 1.29 is 0 Å². The van der Waals surface area contributed by atoms with Crippen LogP contribution in [-0.2, 0) is 19.4 Å². The van der Waals surface area contributed by atoms with Crippen LogP contribution in [0.3, 0.4) is 0 Å². The van der Waals surface area contributed by atoms with Crippen LogP contribution in [0.1, 0.15) is 17.0 Å². The minimum absolute atomic E-state index is 0.248. The Balaban J connectivity index is 2.45. The standard InChI is InChI=1S/C10H16N4O/c1-14-5-3-9-7(6-14)8(2-4-11)12-10(15)13-9/h2-6,11H2,1H3,(H,12,13,15). The summed E-state index contributed by atoms with van der Waals surface area (Å²) < 4.78 is 0. The van der Waals surface area contributed by atoms with Gasteiger partial charge < -0.3 is 15.6 Å². The van der Waals surface area contributed by atoms with Crippen LogP contribution in [-0.4, -0.2) is 35.0 Å². The Kier molecular flexibility index (Phi) is 2.83. The number of aromatic amines is 1. The highest BCUT2D eigenvalue weighted by Crippen LogP contribution is 2.17. The van der Waals surface area contributed by atoms with E-state index in [0.29, 0.717) is 13.0 Å². The SMILES string of the molecule is CN1CCc2[nH]c(=O)nc(CCN)c2C1. The average Bonchev–Trinajstić information content (AvgIpc) is 2.19. The molecule has 0 saturated carbocycles. The van der Waals surface area contributed by atoms with Gasteiger partial charge in [0.15, 0.2) is 0 Å². The van der Waals surface area contributed by atoms with E-state index in [1.165, 1.54) is 0 Å². The highest BCUT2D eigenvalue weighted by atomic mass is 16.1. The summed E-state index contributed by atoms with van der Waals surface area (Å²) in [6.45, 7) is 2.37. The predicted octanol–water partition coefficient (Wildman–Crippen LogP) is -0.741.